The Hall–Kier alpha value is -3.33. The Morgan fingerprint density at radius 2 is 2.18 bits per heavy atom. The largest absolute Gasteiger partial charge is 0.495 e. The van der Waals surface area contributed by atoms with Crippen LogP contribution in [-0.4, -0.2) is 16.8 Å². The van der Waals surface area contributed by atoms with E-state index in [0.29, 0.717) is 25.0 Å². The first kappa shape index (κ1) is 16.8. The van der Waals surface area contributed by atoms with Crippen molar-refractivity contribution in [3.63, 3.8) is 0 Å². The van der Waals surface area contributed by atoms with Gasteiger partial charge in [-0.15, -0.1) is 0 Å². The van der Waals surface area contributed by atoms with Crippen molar-refractivity contribution in [1.82, 2.24) is 9.72 Å². The molecule has 0 radical (unpaired) electrons. The molecular formula is C22H18FN3O2. The topological polar surface area (TPSA) is 64.0 Å². The van der Waals surface area contributed by atoms with Crippen LogP contribution < -0.4 is 4.74 Å². The van der Waals surface area contributed by atoms with Crippen molar-refractivity contribution in [2.24, 2.45) is 7.05 Å². The summed E-state index contributed by atoms with van der Waals surface area (Å²) in [5.41, 5.74) is 3.81. The van der Waals surface area contributed by atoms with Gasteiger partial charge in [-0.05, 0) is 42.7 Å². The zero-order chi connectivity index (χ0) is 19.5. The minimum Gasteiger partial charge on any atom is -0.495 e. The molecule has 0 bridgehead atoms. The molecule has 0 aliphatic heterocycles. The molecule has 0 amide bonds. The first-order chi connectivity index (χ1) is 13.6. The number of hydrogen-bond donors (Lipinski definition) is 0. The van der Waals surface area contributed by atoms with E-state index in [-0.39, 0.29) is 5.82 Å². The van der Waals surface area contributed by atoms with Crippen LogP contribution in [-0.2, 0) is 25.3 Å². The van der Waals surface area contributed by atoms with Crippen molar-refractivity contribution in [2.45, 2.75) is 24.7 Å². The maximum Gasteiger partial charge on any atom is 0.143 e. The molecule has 1 aliphatic rings. The third kappa shape index (κ3) is 2.13. The van der Waals surface area contributed by atoms with Gasteiger partial charge in [-0.25, -0.2) is 4.39 Å². The number of benzene rings is 2. The van der Waals surface area contributed by atoms with Crippen LogP contribution in [0.5, 0.6) is 5.75 Å². The highest BCUT2D eigenvalue weighted by Crippen LogP contribution is 2.45. The predicted octanol–water partition coefficient (Wildman–Crippen LogP) is 4.42. The number of nitrogens with zero attached hydrogens (tertiary/aromatic N) is 3. The van der Waals surface area contributed by atoms with Crippen LogP contribution in [0, 0.1) is 17.1 Å². The van der Waals surface area contributed by atoms with Gasteiger partial charge in [0.05, 0.1) is 29.8 Å². The van der Waals surface area contributed by atoms with Crippen LogP contribution in [0.1, 0.15) is 23.2 Å². The first-order valence-electron chi connectivity index (χ1n) is 9.16. The number of hydrogen-bond acceptors (Lipinski definition) is 4. The second kappa shape index (κ2) is 5.83. The fourth-order valence-electron chi connectivity index (χ4n) is 4.62. The molecule has 2 aromatic heterocycles. The normalized spacial score (nSPS) is 18.9. The summed E-state index contributed by atoms with van der Waals surface area (Å²) in [5, 5.41) is 16.0. The molecule has 1 aliphatic carbocycles. The average Bonchev–Trinajstić information content (AvgIpc) is 3.29. The van der Waals surface area contributed by atoms with Gasteiger partial charge in [-0.3, -0.25) is 0 Å². The fraction of sp³-hybridized carbons (Fsp3) is 0.273. The maximum absolute atomic E-state index is 14.1. The van der Waals surface area contributed by atoms with Gasteiger partial charge in [0.1, 0.15) is 17.8 Å². The Morgan fingerprint density at radius 3 is 2.96 bits per heavy atom. The summed E-state index contributed by atoms with van der Waals surface area (Å²) >= 11 is 0. The van der Waals surface area contributed by atoms with E-state index in [1.807, 2.05) is 23.7 Å². The quantitative estimate of drug-likeness (QED) is 0.520. The van der Waals surface area contributed by atoms with E-state index in [9.17, 15) is 9.65 Å². The van der Waals surface area contributed by atoms with Gasteiger partial charge < -0.3 is 13.8 Å². The van der Waals surface area contributed by atoms with Crippen LogP contribution in [0.4, 0.5) is 4.39 Å². The molecule has 0 fully saturated rings. The van der Waals surface area contributed by atoms with Crippen molar-refractivity contribution in [2.75, 3.05) is 7.11 Å². The van der Waals surface area contributed by atoms with E-state index in [1.54, 1.807) is 25.5 Å². The van der Waals surface area contributed by atoms with Crippen LogP contribution in [0.3, 0.4) is 0 Å². The summed E-state index contributed by atoms with van der Waals surface area (Å²) in [5.74, 6) is 0.400. The van der Waals surface area contributed by atoms with E-state index >= 15 is 0 Å². The molecule has 28 heavy (non-hydrogen) atoms. The number of fused-ring (bicyclic) bond motifs is 4. The van der Waals surface area contributed by atoms with Gasteiger partial charge in [0.15, 0.2) is 0 Å². The van der Waals surface area contributed by atoms with Crippen molar-refractivity contribution in [3.05, 3.63) is 59.2 Å². The Bertz CT molecular complexity index is 1280. The molecule has 5 nitrogen and oxygen atoms in total. The molecule has 2 aromatic carbocycles. The molecule has 1 atom stereocenters. The summed E-state index contributed by atoms with van der Waals surface area (Å²) < 4.78 is 26.9. The zero-order valence-corrected chi connectivity index (χ0v) is 15.6. The molecule has 6 heteroatoms. The minimum absolute atomic E-state index is 0.301. The summed E-state index contributed by atoms with van der Waals surface area (Å²) in [6.45, 7) is 0. The van der Waals surface area contributed by atoms with Crippen molar-refractivity contribution in [3.8, 4) is 11.8 Å². The van der Waals surface area contributed by atoms with Gasteiger partial charge in [0.25, 0.3) is 0 Å². The van der Waals surface area contributed by atoms with Crippen LogP contribution in [0.2, 0.25) is 0 Å². The minimum atomic E-state index is -0.732. The lowest BCUT2D eigenvalue weighted by molar-refractivity contribution is 0.408. The standard InChI is InChI=1S/C22H18FN3O2/c1-26-18-5-3-14(23)9-15(18)20-16(4-6-19(27-2)21(20)26)22(12-24)8-7-17-13(10-22)11-28-25-17/h3-6,9,11H,7-8,10H2,1-2H3. The number of nitriles is 1. The third-order valence-electron chi connectivity index (χ3n) is 6.02. The summed E-state index contributed by atoms with van der Waals surface area (Å²) in [4.78, 5) is 0. The molecule has 0 saturated carbocycles. The fourth-order valence-corrected chi connectivity index (χ4v) is 4.62. The monoisotopic (exact) mass is 375 g/mol. The summed E-state index contributed by atoms with van der Waals surface area (Å²) in [6.07, 6.45) is 3.46. The number of halogens is 1. The molecule has 1 unspecified atom stereocenters. The average molecular weight is 375 g/mol. The third-order valence-corrected chi connectivity index (χ3v) is 6.02. The highest BCUT2D eigenvalue weighted by Gasteiger charge is 2.40. The van der Waals surface area contributed by atoms with Gasteiger partial charge >= 0.3 is 0 Å². The molecule has 0 spiro atoms. The number of methoxy groups -OCH3 is 1. The van der Waals surface area contributed by atoms with E-state index in [2.05, 4.69) is 11.2 Å². The zero-order valence-electron chi connectivity index (χ0n) is 15.6. The summed E-state index contributed by atoms with van der Waals surface area (Å²) in [7, 11) is 3.56. The highest BCUT2D eigenvalue weighted by atomic mass is 19.1. The Labute approximate surface area is 160 Å². The second-order valence-electron chi connectivity index (χ2n) is 7.42. The van der Waals surface area contributed by atoms with Gasteiger partial charge in [0.2, 0.25) is 0 Å². The van der Waals surface area contributed by atoms with Gasteiger partial charge in [-0.1, -0.05) is 11.2 Å². The van der Waals surface area contributed by atoms with E-state index < -0.39 is 5.41 Å². The molecule has 4 aromatic rings. The molecule has 5 rings (SSSR count). The number of ether oxygens (including phenoxy) is 1. The van der Waals surface area contributed by atoms with Gasteiger partial charge in [-0.2, -0.15) is 5.26 Å². The molecule has 0 saturated heterocycles. The molecule has 140 valence electrons. The van der Waals surface area contributed by atoms with Crippen molar-refractivity contribution < 1.29 is 13.7 Å². The maximum atomic E-state index is 14.1. The lowest BCUT2D eigenvalue weighted by Crippen LogP contribution is -2.32. The number of rotatable bonds is 2. The Balaban J connectivity index is 1.88. The Kier molecular flexibility index (Phi) is 3.50. The lowest BCUT2D eigenvalue weighted by atomic mass is 9.69. The van der Waals surface area contributed by atoms with Crippen molar-refractivity contribution in [1.29, 1.82) is 5.26 Å². The Morgan fingerprint density at radius 1 is 1.32 bits per heavy atom. The van der Waals surface area contributed by atoms with Crippen LogP contribution in [0.15, 0.2) is 41.1 Å². The van der Waals surface area contributed by atoms with E-state index in [1.165, 1.54) is 6.07 Å². The summed E-state index contributed by atoms with van der Waals surface area (Å²) in [6, 6.07) is 11.2. The van der Waals surface area contributed by atoms with Gasteiger partial charge in [0, 0.05) is 35.3 Å². The predicted molar refractivity (Wildman–Crippen MR) is 103 cm³/mol. The highest BCUT2D eigenvalue weighted by molar-refractivity contribution is 6.12. The van der Waals surface area contributed by atoms with E-state index in [0.717, 1.165) is 38.6 Å². The number of aryl methyl sites for hydroxylation is 2. The molecular weight excluding hydrogens is 357 g/mol. The molecule has 0 N–H and O–H groups in total. The lowest BCUT2D eigenvalue weighted by Gasteiger charge is -2.31. The molecule has 2 heterocycles. The van der Waals surface area contributed by atoms with Crippen LogP contribution in [0.25, 0.3) is 21.8 Å². The van der Waals surface area contributed by atoms with Crippen LogP contribution >= 0.6 is 0 Å². The number of aromatic nitrogens is 2. The van der Waals surface area contributed by atoms with Crippen molar-refractivity contribution >= 4 is 21.8 Å². The van der Waals surface area contributed by atoms with E-state index in [4.69, 9.17) is 9.26 Å². The smallest absolute Gasteiger partial charge is 0.143 e. The SMILES string of the molecule is COc1ccc(C2(C#N)CCc3nocc3C2)c2c3cc(F)ccc3n(C)c12. The second-order valence-corrected chi connectivity index (χ2v) is 7.42. The first-order valence-corrected chi connectivity index (χ1v) is 9.16.